The fraction of sp³-hybridized carbons (Fsp3) is 0.200. The normalized spacial score (nSPS) is 10.2. The fourth-order valence-corrected chi connectivity index (χ4v) is 0.831. The molecule has 0 unspecified atom stereocenters. The molecule has 0 saturated heterocycles. The highest BCUT2D eigenvalue weighted by Crippen LogP contribution is 2.21. The van der Waals surface area contributed by atoms with Crippen molar-refractivity contribution >= 4 is 5.82 Å². The van der Waals surface area contributed by atoms with E-state index in [1.807, 2.05) is 0 Å². The third-order valence-electron chi connectivity index (χ3n) is 1.47. The maximum Gasteiger partial charge on any atom is 0.385 e. The van der Waals surface area contributed by atoms with Gasteiger partial charge in [-0.25, -0.2) is 4.79 Å². The van der Waals surface area contributed by atoms with Gasteiger partial charge in [0.2, 0.25) is 5.88 Å². The minimum absolute atomic E-state index is 0.238. The van der Waals surface area contributed by atoms with Crippen molar-refractivity contribution in [2.45, 2.75) is 6.61 Å². The Morgan fingerprint density at radius 2 is 2.00 bits per heavy atom. The molecular formula is C5H7N3O6. The molecule has 1 rings (SSSR count). The smallest absolute Gasteiger partial charge is 0.385 e. The van der Waals surface area contributed by atoms with E-state index in [0.717, 1.165) is 0 Å². The van der Waals surface area contributed by atoms with Gasteiger partial charge in [-0.2, -0.15) is 4.98 Å². The molecule has 0 radical (unpaired) electrons. The Kier molecular flexibility index (Phi) is 2.56. The SMILES string of the molecule is O=c1nc(N(O)O)c(CO)c(O)n1O. The monoisotopic (exact) mass is 205 g/mol. The lowest BCUT2D eigenvalue weighted by atomic mass is 10.3. The van der Waals surface area contributed by atoms with E-state index >= 15 is 0 Å². The Morgan fingerprint density at radius 3 is 2.43 bits per heavy atom. The molecule has 0 spiro atoms. The predicted molar refractivity (Wildman–Crippen MR) is 39.3 cm³/mol. The first-order chi connectivity index (χ1) is 6.49. The number of anilines is 1. The zero-order valence-corrected chi connectivity index (χ0v) is 6.69. The highest BCUT2D eigenvalue weighted by atomic mass is 16.8. The number of hydrogen-bond donors (Lipinski definition) is 5. The molecule has 0 aliphatic rings. The lowest BCUT2D eigenvalue weighted by Crippen LogP contribution is -2.27. The Balaban J connectivity index is 3.52. The average molecular weight is 205 g/mol. The molecule has 0 aliphatic carbocycles. The Hall–Kier alpha value is -1.84. The molecular weight excluding hydrogens is 198 g/mol. The Morgan fingerprint density at radius 1 is 1.43 bits per heavy atom. The molecule has 1 aromatic rings. The van der Waals surface area contributed by atoms with E-state index < -0.39 is 34.8 Å². The number of nitrogens with zero attached hydrogens (tertiary/aromatic N) is 3. The van der Waals surface area contributed by atoms with Crippen molar-refractivity contribution in [1.29, 1.82) is 0 Å². The molecule has 0 aromatic carbocycles. The quantitative estimate of drug-likeness (QED) is 0.283. The molecule has 9 nitrogen and oxygen atoms in total. The second kappa shape index (κ2) is 3.49. The van der Waals surface area contributed by atoms with Gasteiger partial charge >= 0.3 is 5.69 Å². The van der Waals surface area contributed by atoms with E-state index in [4.69, 9.17) is 25.8 Å². The molecule has 14 heavy (non-hydrogen) atoms. The van der Waals surface area contributed by atoms with Gasteiger partial charge in [-0.15, -0.1) is 5.23 Å². The van der Waals surface area contributed by atoms with Crippen molar-refractivity contribution in [3.8, 4) is 5.88 Å². The van der Waals surface area contributed by atoms with Gasteiger partial charge in [0.15, 0.2) is 5.82 Å². The average Bonchev–Trinajstić information content (AvgIpc) is 2.13. The molecule has 0 saturated carbocycles. The molecule has 0 aliphatic heterocycles. The summed E-state index contributed by atoms with van der Waals surface area (Å²) in [4.78, 5) is 13.7. The number of aliphatic hydroxyl groups excluding tert-OH is 1. The second-order valence-electron chi connectivity index (χ2n) is 2.28. The highest BCUT2D eigenvalue weighted by Gasteiger charge is 2.18. The number of aromatic hydroxyl groups is 1. The third kappa shape index (κ3) is 1.46. The predicted octanol–water partition coefficient (Wildman–Crippen LogP) is -1.74. The highest BCUT2D eigenvalue weighted by molar-refractivity contribution is 5.46. The first-order valence-corrected chi connectivity index (χ1v) is 3.32. The zero-order valence-electron chi connectivity index (χ0n) is 6.69. The van der Waals surface area contributed by atoms with E-state index in [0.29, 0.717) is 0 Å². The molecule has 0 amide bonds. The standard InChI is InChI=1S/C5H7N3O6/c9-1-2-3(8(13)14)6-5(11)7(12)4(2)10/h9-10,12-14H,1H2. The number of hydrogen-bond acceptors (Lipinski definition) is 8. The summed E-state index contributed by atoms with van der Waals surface area (Å²) < 4.78 is -0.238. The van der Waals surface area contributed by atoms with Crippen LogP contribution in [0.25, 0.3) is 0 Å². The summed E-state index contributed by atoms with van der Waals surface area (Å²) in [5, 5.41) is 43.1. The largest absolute Gasteiger partial charge is 0.492 e. The molecule has 1 aromatic heterocycles. The van der Waals surface area contributed by atoms with Crippen molar-refractivity contribution in [3.63, 3.8) is 0 Å². The summed E-state index contributed by atoms with van der Waals surface area (Å²) in [5.74, 6) is -1.78. The molecule has 0 fully saturated rings. The van der Waals surface area contributed by atoms with Gasteiger partial charge in [-0.1, -0.05) is 4.73 Å². The van der Waals surface area contributed by atoms with Crippen molar-refractivity contribution in [3.05, 3.63) is 16.0 Å². The van der Waals surface area contributed by atoms with Gasteiger partial charge in [-0.3, -0.25) is 10.4 Å². The first-order valence-electron chi connectivity index (χ1n) is 3.32. The maximum atomic E-state index is 10.7. The van der Waals surface area contributed by atoms with Gasteiger partial charge in [0.1, 0.15) is 0 Å². The van der Waals surface area contributed by atoms with Crippen LogP contribution in [-0.2, 0) is 6.61 Å². The molecule has 78 valence electrons. The van der Waals surface area contributed by atoms with Gasteiger partial charge in [0.05, 0.1) is 12.2 Å². The molecule has 9 heteroatoms. The molecule has 5 N–H and O–H groups in total. The van der Waals surface area contributed by atoms with Crippen molar-refractivity contribution in [2.75, 3.05) is 5.23 Å². The molecule has 1 heterocycles. The first kappa shape index (κ1) is 10.2. The summed E-state index contributed by atoms with van der Waals surface area (Å²) >= 11 is 0. The van der Waals surface area contributed by atoms with Crippen LogP contribution in [0.5, 0.6) is 5.88 Å². The van der Waals surface area contributed by atoms with Crippen molar-refractivity contribution in [1.82, 2.24) is 9.71 Å². The number of aliphatic hydroxyl groups is 1. The Bertz CT molecular complexity index is 399. The van der Waals surface area contributed by atoms with E-state index in [-0.39, 0.29) is 4.73 Å². The van der Waals surface area contributed by atoms with E-state index in [9.17, 15) is 4.79 Å². The lowest BCUT2D eigenvalue weighted by Gasteiger charge is -2.12. The summed E-state index contributed by atoms with van der Waals surface area (Å²) in [5.41, 5.74) is -1.82. The van der Waals surface area contributed by atoms with E-state index in [1.165, 1.54) is 0 Å². The number of aromatic nitrogens is 2. The zero-order chi connectivity index (χ0) is 10.9. The van der Waals surface area contributed by atoms with Crippen LogP contribution in [0.2, 0.25) is 0 Å². The number of rotatable bonds is 2. The van der Waals surface area contributed by atoms with Crippen LogP contribution in [-0.4, -0.2) is 35.5 Å². The molecule has 0 bridgehead atoms. The van der Waals surface area contributed by atoms with Crippen LogP contribution in [0, 0.1) is 0 Å². The summed E-state index contributed by atoms with van der Waals surface area (Å²) in [6.07, 6.45) is 0. The van der Waals surface area contributed by atoms with Gasteiger partial charge < -0.3 is 15.4 Å². The van der Waals surface area contributed by atoms with Crippen LogP contribution >= 0.6 is 0 Å². The minimum atomic E-state index is -1.32. The van der Waals surface area contributed by atoms with Crippen LogP contribution in [0.3, 0.4) is 0 Å². The minimum Gasteiger partial charge on any atom is -0.492 e. The maximum absolute atomic E-state index is 10.7. The topological polar surface area (TPSA) is 139 Å². The lowest BCUT2D eigenvalue weighted by molar-refractivity contribution is 0.0238. The Labute approximate surface area is 76.2 Å². The van der Waals surface area contributed by atoms with Gasteiger partial charge in [-0.05, 0) is 0 Å². The second-order valence-corrected chi connectivity index (χ2v) is 2.28. The van der Waals surface area contributed by atoms with Crippen molar-refractivity contribution < 1.29 is 25.8 Å². The van der Waals surface area contributed by atoms with Crippen molar-refractivity contribution in [2.24, 2.45) is 0 Å². The molecule has 0 atom stereocenters. The van der Waals surface area contributed by atoms with Crippen LogP contribution in [0.4, 0.5) is 5.82 Å². The van der Waals surface area contributed by atoms with Crippen LogP contribution in [0.1, 0.15) is 5.56 Å². The van der Waals surface area contributed by atoms with Gasteiger partial charge in [0.25, 0.3) is 0 Å². The van der Waals surface area contributed by atoms with Crippen LogP contribution in [0.15, 0.2) is 4.79 Å². The fourth-order valence-electron chi connectivity index (χ4n) is 0.831. The van der Waals surface area contributed by atoms with Gasteiger partial charge in [0, 0.05) is 0 Å². The van der Waals surface area contributed by atoms with E-state index in [2.05, 4.69) is 4.98 Å². The summed E-state index contributed by atoms with van der Waals surface area (Å²) in [6, 6.07) is 0. The van der Waals surface area contributed by atoms with E-state index in [1.54, 1.807) is 0 Å². The summed E-state index contributed by atoms with van der Waals surface area (Å²) in [6.45, 7) is -0.841. The summed E-state index contributed by atoms with van der Waals surface area (Å²) in [7, 11) is 0. The third-order valence-corrected chi connectivity index (χ3v) is 1.47. The van der Waals surface area contributed by atoms with Crippen LogP contribution < -0.4 is 10.9 Å².